The maximum Gasteiger partial charge on any atom is 0.243 e. The van der Waals surface area contributed by atoms with Crippen LogP contribution in [0.4, 0.5) is 0 Å². The Hall–Kier alpha value is -2.56. The van der Waals surface area contributed by atoms with E-state index in [-0.39, 0.29) is 11.8 Å². The molecular weight excluding hydrogens is 316 g/mol. The number of methoxy groups -OCH3 is 1. The Morgan fingerprint density at radius 1 is 1.28 bits per heavy atom. The second-order valence-electron chi connectivity index (χ2n) is 6.30. The normalized spacial score (nSPS) is 15.4. The van der Waals surface area contributed by atoms with E-state index < -0.39 is 6.04 Å². The van der Waals surface area contributed by atoms with Gasteiger partial charge in [-0.2, -0.15) is 0 Å². The molecule has 1 aliphatic heterocycles. The molecule has 5 nitrogen and oxygen atoms in total. The number of benzene rings is 2. The quantitative estimate of drug-likeness (QED) is 0.880. The lowest BCUT2D eigenvalue weighted by molar-refractivity contribution is -0.137. The van der Waals surface area contributed by atoms with E-state index in [1.165, 1.54) is 0 Å². The van der Waals surface area contributed by atoms with Crippen molar-refractivity contribution in [3.8, 4) is 5.75 Å². The number of fused-ring (bicyclic) bond motifs is 1. The van der Waals surface area contributed by atoms with Crippen LogP contribution in [0.2, 0.25) is 0 Å². The molecule has 1 unspecified atom stereocenters. The van der Waals surface area contributed by atoms with Crippen molar-refractivity contribution in [1.82, 2.24) is 10.2 Å². The predicted molar refractivity (Wildman–Crippen MR) is 97.4 cm³/mol. The van der Waals surface area contributed by atoms with Crippen LogP contribution in [0.15, 0.2) is 36.4 Å². The molecule has 1 atom stereocenters. The van der Waals surface area contributed by atoms with Crippen LogP contribution in [0.25, 0.3) is 10.8 Å². The highest BCUT2D eigenvalue weighted by Gasteiger charge is 2.31. The number of rotatable bonds is 6. The molecule has 1 aliphatic rings. The lowest BCUT2D eigenvalue weighted by atomic mass is 10.0. The highest BCUT2D eigenvalue weighted by Crippen LogP contribution is 2.28. The van der Waals surface area contributed by atoms with Gasteiger partial charge in [-0.25, -0.2) is 0 Å². The van der Waals surface area contributed by atoms with Crippen LogP contribution in [-0.4, -0.2) is 36.4 Å². The summed E-state index contributed by atoms with van der Waals surface area (Å²) in [6.07, 6.45) is 1.99. The van der Waals surface area contributed by atoms with Crippen molar-refractivity contribution >= 4 is 22.6 Å². The summed E-state index contributed by atoms with van der Waals surface area (Å²) in [6, 6.07) is 11.6. The molecule has 0 bridgehead atoms. The Morgan fingerprint density at radius 3 is 2.76 bits per heavy atom. The second-order valence-corrected chi connectivity index (χ2v) is 6.30. The van der Waals surface area contributed by atoms with Crippen LogP contribution in [0.1, 0.15) is 31.7 Å². The standard InChI is InChI=1S/C20H24N2O3/c1-3-17(22-12-6-9-19(22)23)20(24)21-13-16-15-8-5-4-7-14(15)10-11-18(16)25-2/h4-5,7-8,10-11,17H,3,6,9,12-13H2,1-2H3,(H,21,24). The summed E-state index contributed by atoms with van der Waals surface area (Å²) in [5.41, 5.74) is 0.955. The van der Waals surface area contributed by atoms with Crippen LogP contribution < -0.4 is 10.1 Å². The van der Waals surface area contributed by atoms with E-state index in [9.17, 15) is 9.59 Å². The second kappa shape index (κ2) is 7.55. The van der Waals surface area contributed by atoms with Crippen molar-refractivity contribution in [1.29, 1.82) is 0 Å². The Labute approximate surface area is 148 Å². The minimum atomic E-state index is -0.393. The number of nitrogens with zero attached hydrogens (tertiary/aromatic N) is 1. The first-order chi connectivity index (χ1) is 12.2. The molecule has 132 valence electrons. The van der Waals surface area contributed by atoms with Crippen molar-refractivity contribution in [3.05, 3.63) is 42.0 Å². The van der Waals surface area contributed by atoms with Gasteiger partial charge in [-0.3, -0.25) is 9.59 Å². The maximum absolute atomic E-state index is 12.7. The van der Waals surface area contributed by atoms with E-state index in [0.717, 1.165) is 28.5 Å². The molecule has 1 saturated heterocycles. The van der Waals surface area contributed by atoms with Gasteiger partial charge in [-0.05, 0) is 29.7 Å². The zero-order valence-corrected chi connectivity index (χ0v) is 14.7. The summed E-state index contributed by atoms with van der Waals surface area (Å²) >= 11 is 0. The zero-order chi connectivity index (χ0) is 17.8. The van der Waals surface area contributed by atoms with Gasteiger partial charge in [0.25, 0.3) is 0 Å². The summed E-state index contributed by atoms with van der Waals surface area (Å²) in [5, 5.41) is 5.17. The first-order valence-electron chi connectivity index (χ1n) is 8.77. The molecule has 5 heteroatoms. The highest BCUT2D eigenvalue weighted by atomic mass is 16.5. The van der Waals surface area contributed by atoms with Crippen LogP contribution in [0.5, 0.6) is 5.75 Å². The van der Waals surface area contributed by atoms with Gasteiger partial charge in [0.05, 0.1) is 7.11 Å². The van der Waals surface area contributed by atoms with Gasteiger partial charge in [0, 0.05) is 25.1 Å². The van der Waals surface area contributed by atoms with Gasteiger partial charge in [0.15, 0.2) is 0 Å². The molecule has 1 fully saturated rings. The number of hydrogen-bond donors (Lipinski definition) is 1. The smallest absolute Gasteiger partial charge is 0.243 e. The fourth-order valence-corrected chi connectivity index (χ4v) is 3.53. The number of hydrogen-bond acceptors (Lipinski definition) is 3. The van der Waals surface area contributed by atoms with E-state index in [2.05, 4.69) is 5.32 Å². The molecule has 0 radical (unpaired) electrons. The Kier molecular flexibility index (Phi) is 5.22. The molecule has 25 heavy (non-hydrogen) atoms. The summed E-state index contributed by atoms with van der Waals surface area (Å²) in [7, 11) is 1.63. The van der Waals surface area contributed by atoms with E-state index in [0.29, 0.717) is 25.9 Å². The molecular formula is C20H24N2O3. The minimum absolute atomic E-state index is 0.0738. The third-order valence-corrected chi connectivity index (χ3v) is 4.83. The average Bonchev–Trinajstić information content (AvgIpc) is 3.06. The van der Waals surface area contributed by atoms with Gasteiger partial charge in [-0.15, -0.1) is 0 Å². The first-order valence-corrected chi connectivity index (χ1v) is 8.77. The van der Waals surface area contributed by atoms with Gasteiger partial charge in [0.2, 0.25) is 11.8 Å². The molecule has 2 aromatic rings. The highest BCUT2D eigenvalue weighted by molar-refractivity contribution is 5.90. The van der Waals surface area contributed by atoms with E-state index in [1.54, 1.807) is 12.0 Å². The van der Waals surface area contributed by atoms with Crippen molar-refractivity contribution in [2.24, 2.45) is 0 Å². The van der Waals surface area contributed by atoms with Crippen LogP contribution in [0, 0.1) is 0 Å². The molecule has 1 heterocycles. The van der Waals surface area contributed by atoms with Crippen molar-refractivity contribution in [2.75, 3.05) is 13.7 Å². The van der Waals surface area contributed by atoms with Gasteiger partial charge < -0.3 is 15.0 Å². The predicted octanol–water partition coefficient (Wildman–Crippen LogP) is 2.87. The number of ether oxygens (including phenoxy) is 1. The summed E-state index contributed by atoms with van der Waals surface area (Å²) in [4.78, 5) is 26.3. The Balaban J connectivity index is 1.79. The van der Waals surface area contributed by atoms with E-state index in [4.69, 9.17) is 4.74 Å². The summed E-state index contributed by atoms with van der Waals surface area (Å²) in [6.45, 7) is 2.98. The summed E-state index contributed by atoms with van der Waals surface area (Å²) in [5.74, 6) is 0.724. The van der Waals surface area contributed by atoms with Crippen molar-refractivity contribution in [2.45, 2.75) is 38.8 Å². The summed E-state index contributed by atoms with van der Waals surface area (Å²) < 4.78 is 5.47. The molecule has 0 aliphatic carbocycles. The van der Waals surface area contributed by atoms with Crippen LogP contribution >= 0.6 is 0 Å². The minimum Gasteiger partial charge on any atom is -0.496 e. The van der Waals surface area contributed by atoms with Crippen molar-refractivity contribution in [3.63, 3.8) is 0 Å². The molecule has 0 spiro atoms. The number of likely N-dealkylation sites (tertiary alicyclic amines) is 1. The molecule has 1 N–H and O–H groups in total. The topological polar surface area (TPSA) is 58.6 Å². The van der Waals surface area contributed by atoms with Gasteiger partial charge in [0.1, 0.15) is 11.8 Å². The number of carbonyl (C=O) groups excluding carboxylic acids is 2. The monoisotopic (exact) mass is 340 g/mol. The number of nitrogens with one attached hydrogen (secondary N) is 1. The van der Waals surface area contributed by atoms with Gasteiger partial charge in [-0.1, -0.05) is 37.3 Å². The molecule has 3 rings (SSSR count). The Bertz CT molecular complexity index is 788. The van der Waals surface area contributed by atoms with Gasteiger partial charge >= 0.3 is 0 Å². The fourth-order valence-electron chi connectivity index (χ4n) is 3.53. The Morgan fingerprint density at radius 2 is 2.08 bits per heavy atom. The third-order valence-electron chi connectivity index (χ3n) is 4.83. The van der Waals surface area contributed by atoms with Crippen LogP contribution in [-0.2, 0) is 16.1 Å². The largest absolute Gasteiger partial charge is 0.496 e. The van der Waals surface area contributed by atoms with Crippen molar-refractivity contribution < 1.29 is 14.3 Å². The fraction of sp³-hybridized carbons (Fsp3) is 0.400. The first kappa shape index (κ1) is 17.3. The third kappa shape index (κ3) is 3.45. The zero-order valence-electron chi connectivity index (χ0n) is 14.7. The van der Waals surface area contributed by atoms with E-state index in [1.807, 2.05) is 43.3 Å². The maximum atomic E-state index is 12.7. The van der Waals surface area contributed by atoms with E-state index >= 15 is 0 Å². The lowest BCUT2D eigenvalue weighted by Crippen LogP contribution is -2.46. The number of amides is 2. The average molecular weight is 340 g/mol. The lowest BCUT2D eigenvalue weighted by Gasteiger charge is -2.26. The molecule has 0 saturated carbocycles. The SMILES string of the molecule is CCC(C(=O)NCc1c(OC)ccc2ccccc12)N1CCCC1=O. The molecule has 2 amide bonds. The number of carbonyl (C=O) groups is 2. The molecule has 0 aromatic heterocycles. The molecule has 2 aromatic carbocycles. The van der Waals surface area contributed by atoms with Crippen LogP contribution in [0.3, 0.4) is 0 Å².